The average Bonchev–Trinajstić information content (AvgIpc) is 2.58. The number of aromatic nitrogens is 2. The van der Waals surface area contributed by atoms with Crippen molar-refractivity contribution in [1.29, 1.82) is 0 Å². The quantitative estimate of drug-likeness (QED) is 0.825. The first-order valence-corrected chi connectivity index (χ1v) is 6.86. The van der Waals surface area contributed by atoms with E-state index in [2.05, 4.69) is 23.8 Å². The van der Waals surface area contributed by atoms with E-state index < -0.39 is 0 Å². The van der Waals surface area contributed by atoms with Crippen LogP contribution in [0.25, 0.3) is 10.9 Å². The minimum absolute atomic E-state index is 0.0418. The zero-order valence-electron chi connectivity index (χ0n) is 11.9. The van der Waals surface area contributed by atoms with Crippen LogP contribution in [0.5, 0.6) is 0 Å². The predicted octanol–water partition coefficient (Wildman–Crippen LogP) is 2.05. The molecule has 2 rings (SSSR count). The van der Waals surface area contributed by atoms with Gasteiger partial charge < -0.3 is 4.90 Å². The van der Waals surface area contributed by atoms with Crippen LogP contribution in [0.2, 0.25) is 0 Å². The second-order valence-electron chi connectivity index (χ2n) is 4.68. The Balaban J connectivity index is 2.40. The zero-order chi connectivity index (χ0) is 13.8. The lowest BCUT2D eigenvalue weighted by Crippen LogP contribution is -2.27. The van der Waals surface area contributed by atoms with Crippen LogP contribution in [-0.2, 0) is 6.54 Å². The van der Waals surface area contributed by atoms with Gasteiger partial charge in [0.15, 0.2) is 0 Å². The Hall–Kier alpha value is -1.68. The molecular formula is C15H21N3O. The molecule has 0 bridgehead atoms. The first kappa shape index (κ1) is 13.7. The van der Waals surface area contributed by atoms with Gasteiger partial charge in [-0.25, -0.2) is 0 Å². The zero-order valence-corrected chi connectivity index (χ0v) is 11.9. The summed E-state index contributed by atoms with van der Waals surface area (Å²) in [6.45, 7) is 9.96. The van der Waals surface area contributed by atoms with Crippen LogP contribution < -0.4 is 5.43 Å². The normalized spacial score (nSPS) is 11.4. The fourth-order valence-electron chi connectivity index (χ4n) is 2.37. The summed E-state index contributed by atoms with van der Waals surface area (Å²) < 4.78 is 1.85. The van der Waals surface area contributed by atoms with Crippen LogP contribution in [0.3, 0.4) is 0 Å². The molecule has 0 aliphatic rings. The van der Waals surface area contributed by atoms with E-state index in [4.69, 9.17) is 0 Å². The molecule has 0 atom stereocenters. The van der Waals surface area contributed by atoms with Crippen LogP contribution in [-0.4, -0.2) is 34.3 Å². The number of aryl methyl sites for hydroxylation is 1. The van der Waals surface area contributed by atoms with Gasteiger partial charge in [0.05, 0.1) is 12.2 Å². The largest absolute Gasteiger partial charge is 0.302 e. The average molecular weight is 259 g/mol. The van der Waals surface area contributed by atoms with Crippen molar-refractivity contribution in [2.75, 3.05) is 19.6 Å². The van der Waals surface area contributed by atoms with Gasteiger partial charge in [-0.3, -0.25) is 9.48 Å². The second kappa shape index (κ2) is 5.97. The van der Waals surface area contributed by atoms with Gasteiger partial charge in [-0.2, -0.15) is 5.10 Å². The molecule has 0 radical (unpaired) electrons. The third-order valence-corrected chi connectivity index (χ3v) is 3.55. The van der Waals surface area contributed by atoms with Gasteiger partial charge in [-0.1, -0.05) is 32.0 Å². The summed E-state index contributed by atoms with van der Waals surface area (Å²) in [4.78, 5) is 14.5. The monoisotopic (exact) mass is 259 g/mol. The summed E-state index contributed by atoms with van der Waals surface area (Å²) in [6.07, 6.45) is 0. The fraction of sp³-hybridized carbons (Fsp3) is 0.467. The van der Waals surface area contributed by atoms with E-state index in [1.54, 1.807) is 12.1 Å². The molecule has 4 nitrogen and oxygen atoms in total. The lowest BCUT2D eigenvalue weighted by Gasteiger charge is -2.17. The molecule has 1 aromatic carbocycles. The minimum atomic E-state index is 0.0418. The molecule has 0 spiro atoms. The molecule has 2 aromatic rings. The molecule has 0 saturated carbocycles. The Morgan fingerprint density at radius 2 is 1.89 bits per heavy atom. The molecule has 0 fully saturated rings. The van der Waals surface area contributed by atoms with Crippen molar-refractivity contribution in [3.8, 4) is 0 Å². The third-order valence-electron chi connectivity index (χ3n) is 3.55. The molecule has 0 saturated heterocycles. The number of fused-ring (bicyclic) bond motifs is 1. The van der Waals surface area contributed by atoms with Gasteiger partial charge >= 0.3 is 0 Å². The first-order chi connectivity index (χ1) is 9.17. The summed E-state index contributed by atoms with van der Waals surface area (Å²) in [5.41, 5.74) is 1.68. The van der Waals surface area contributed by atoms with Gasteiger partial charge in [0.1, 0.15) is 5.52 Å². The number of hydrogen-bond donors (Lipinski definition) is 0. The van der Waals surface area contributed by atoms with Crippen molar-refractivity contribution in [1.82, 2.24) is 14.7 Å². The van der Waals surface area contributed by atoms with E-state index in [1.807, 2.05) is 23.7 Å². The molecule has 0 aliphatic carbocycles. The summed E-state index contributed by atoms with van der Waals surface area (Å²) in [5.74, 6) is 0. The number of rotatable bonds is 5. The van der Waals surface area contributed by atoms with Crippen LogP contribution in [0, 0.1) is 6.92 Å². The Bertz CT molecular complexity index is 614. The topological polar surface area (TPSA) is 38.1 Å². The van der Waals surface area contributed by atoms with E-state index in [9.17, 15) is 4.79 Å². The van der Waals surface area contributed by atoms with E-state index in [0.717, 1.165) is 42.8 Å². The number of hydrogen-bond acceptors (Lipinski definition) is 3. The van der Waals surface area contributed by atoms with Crippen LogP contribution in [0.4, 0.5) is 0 Å². The maximum Gasteiger partial charge on any atom is 0.204 e. The molecule has 1 aromatic heterocycles. The summed E-state index contributed by atoms with van der Waals surface area (Å²) in [6, 6.07) is 7.26. The summed E-state index contributed by atoms with van der Waals surface area (Å²) in [5, 5.41) is 5.46. The van der Waals surface area contributed by atoms with E-state index in [0.29, 0.717) is 0 Å². The highest BCUT2D eigenvalue weighted by atomic mass is 16.1. The van der Waals surface area contributed by atoms with Gasteiger partial charge in [0.25, 0.3) is 0 Å². The van der Waals surface area contributed by atoms with E-state index in [-0.39, 0.29) is 5.43 Å². The maximum atomic E-state index is 12.1. The van der Waals surface area contributed by atoms with Crippen LogP contribution >= 0.6 is 0 Å². The van der Waals surface area contributed by atoms with Gasteiger partial charge in [-0.15, -0.1) is 0 Å². The third kappa shape index (κ3) is 2.84. The molecule has 0 amide bonds. The highest BCUT2D eigenvalue weighted by Gasteiger charge is 2.09. The van der Waals surface area contributed by atoms with Gasteiger partial charge in [-0.05, 0) is 26.1 Å². The summed E-state index contributed by atoms with van der Waals surface area (Å²) in [7, 11) is 0. The number of likely N-dealkylation sites (N-methyl/N-ethyl adjacent to an activating group) is 1. The maximum absolute atomic E-state index is 12.1. The standard InChI is InChI=1S/C15H21N3O/c1-4-17(5-2)10-11-18-15-13(12(3)16-18)8-6-7-9-14(15)19/h6-9H,4-5,10-11H2,1-3H3. The van der Waals surface area contributed by atoms with Gasteiger partial charge in [0.2, 0.25) is 5.43 Å². The second-order valence-corrected chi connectivity index (χ2v) is 4.68. The number of nitrogens with zero attached hydrogens (tertiary/aromatic N) is 3. The molecule has 0 N–H and O–H groups in total. The van der Waals surface area contributed by atoms with Crippen molar-refractivity contribution in [3.05, 3.63) is 40.2 Å². The van der Waals surface area contributed by atoms with Crippen LogP contribution in [0.1, 0.15) is 19.5 Å². The predicted molar refractivity (Wildman–Crippen MR) is 78.5 cm³/mol. The Morgan fingerprint density at radius 3 is 2.58 bits per heavy atom. The molecule has 4 heteroatoms. The van der Waals surface area contributed by atoms with Crippen molar-refractivity contribution >= 4 is 10.9 Å². The van der Waals surface area contributed by atoms with Gasteiger partial charge in [0, 0.05) is 11.9 Å². The molecule has 0 aliphatic heterocycles. The Labute approximate surface area is 113 Å². The molecule has 102 valence electrons. The minimum Gasteiger partial charge on any atom is -0.302 e. The Kier molecular flexibility index (Phi) is 4.32. The van der Waals surface area contributed by atoms with Crippen molar-refractivity contribution in [2.24, 2.45) is 0 Å². The molecular weight excluding hydrogens is 238 g/mol. The van der Waals surface area contributed by atoms with Crippen molar-refractivity contribution in [3.63, 3.8) is 0 Å². The van der Waals surface area contributed by atoms with E-state index >= 15 is 0 Å². The lowest BCUT2D eigenvalue weighted by molar-refractivity contribution is 0.287. The smallest absolute Gasteiger partial charge is 0.204 e. The highest BCUT2D eigenvalue weighted by molar-refractivity contribution is 5.80. The highest BCUT2D eigenvalue weighted by Crippen LogP contribution is 2.13. The molecule has 0 unspecified atom stereocenters. The fourth-order valence-corrected chi connectivity index (χ4v) is 2.37. The van der Waals surface area contributed by atoms with Crippen molar-refractivity contribution < 1.29 is 0 Å². The SMILES string of the molecule is CCN(CC)CCn1nc(C)c2ccccc(=O)c21. The molecule has 19 heavy (non-hydrogen) atoms. The lowest BCUT2D eigenvalue weighted by atomic mass is 10.3. The van der Waals surface area contributed by atoms with Crippen molar-refractivity contribution in [2.45, 2.75) is 27.3 Å². The molecule has 1 heterocycles. The first-order valence-electron chi connectivity index (χ1n) is 6.86. The van der Waals surface area contributed by atoms with Crippen LogP contribution in [0.15, 0.2) is 29.1 Å². The van der Waals surface area contributed by atoms with E-state index in [1.165, 1.54) is 0 Å². The summed E-state index contributed by atoms with van der Waals surface area (Å²) >= 11 is 0. The Morgan fingerprint density at radius 1 is 1.21 bits per heavy atom.